The van der Waals surface area contributed by atoms with Crippen LogP contribution in [-0.4, -0.2) is 48.7 Å². The van der Waals surface area contributed by atoms with Crippen molar-refractivity contribution in [3.05, 3.63) is 94.6 Å². The van der Waals surface area contributed by atoms with E-state index in [2.05, 4.69) is 107 Å². The molecule has 0 saturated carbocycles. The van der Waals surface area contributed by atoms with Gasteiger partial charge in [0.05, 0.1) is 13.0 Å². The summed E-state index contributed by atoms with van der Waals surface area (Å²) in [5, 5.41) is 3.59. The number of nitrogens with zero attached hydrogens (tertiary/aromatic N) is 3. The SMILES string of the molecule is C=NOC(Cc1ccc(C)cc1)=NCc1ccc(C2C=C(CN3CCSCC3)C=CC2)cc1. The molecule has 0 N–H and O–H groups in total. The molecule has 0 radical (unpaired) electrons. The van der Waals surface area contributed by atoms with Gasteiger partial charge < -0.3 is 4.84 Å². The second kappa shape index (κ2) is 12.0. The molecule has 33 heavy (non-hydrogen) atoms. The van der Waals surface area contributed by atoms with Crippen molar-refractivity contribution in [3.8, 4) is 0 Å². The third-order valence-corrected chi connectivity index (χ3v) is 7.08. The van der Waals surface area contributed by atoms with Gasteiger partial charge in [0.1, 0.15) is 0 Å². The molecule has 2 aliphatic rings. The fourth-order valence-electron chi connectivity index (χ4n) is 4.23. The Kier molecular flexibility index (Phi) is 8.56. The normalized spacial score (nSPS) is 19.2. The Morgan fingerprint density at radius 1 is 1.06 bits per heavy atom. The minimum atomic E-state index is 0.451. The molecule has 1 unspecified atom stereocenters. The average molecular weight is 460 g/mol. The van der Waals surface area contributed by atoms with Gasteiger partial charge in [-0.25, -0.2) is 4.99 Å². The van der Waals surface area contributed by atoms with Crippen LogP contribution >= 0.6 is 11.8 Å². The van der Waals surface area contributed by atoms with Crippen molar-refractivity contribution in [2.75, 3.05) is 31.1 Å². The Balaban J connectivity index is 1.37. The third-order valence-electron chi connectivity index (χ3n) is 6.14. The zero-order valence-corrected chi connectivity index (χ0v) is 20.3. The van der Waals surface area contributed by atoms with Crippen LogP contribution in [0.4, 0.5) is 0 Å². The average Bonchev–Trinajstić information content (AvgIpc) is 2.85. The number of allylic oxidation sites excluding steroid dienone is 2. The Morgan fingerprint density at radius 2 is 1.79 bits per heavy atom. The van der Waals surface area contributed by atoms with Crippen LogP contribution in [0.15, 0.2) is 82.5 Å². The fourth-order valence-corrected chi connectivity index (χ4v) is 5.20. The predicted molar refractivity (Wildman–Crippen MR) is 141 cm³/mol. The molecule has 1 saturated heterocycles. The van der Waals surface area contributed by atoms with E-state index in [-0.39, 0.29) is 0 Å². The second-order valence-electron chi connectivity index (χ2n) is 8.71. The smallest absolute Gasteiger partial charge is 0.224 e. The van der Waals surface area contributed by atoms with Gasteiger partial charge in [0.2, 0.25) is 5.90 Å². The van der Waals surface area contributed by atoms with Crippen LogP contribution in [-0.2, 0) is 17.8 Å². The lowest BCUT2D eigenvalue weighted by atomic mass is 9.89. The van der Waals surface area contributed by atoms with E-state index < -0.39 is 0 Å². The minimum Gasteiger partial charge on any atom is -0.342 e. The van der Waals surface area contributed by atoms with Crippen LogP contribution in [0.5, 0.6) is 0 Å². The Bertz CT molecular complexity index is 1000. The third kappa shape index (κ3) is 7.18. The number of hydrogen-bond acceptors (Lipinski definition) is 5. The van der Waals surface area contributed by atoms with E-state index in [0.717, 1.165) is 24.1 Å². The van der Waals surface area contributed by atoms with Gasteiger partial charge in [-0.3, -0.25) is 4.90 Å². The molecule has 0 bridgehead atoms. The molecule has 2 aromatic rings. The van der Waals surface area contributed by atoms with E-state index in [0.29, 0.717) is 24.8 Å². The van der Waals surface area contributed by atoms with E-state index in [1.54, 1.807) is 0 Å². The molecule has 1 atom stereocenters. The van der Waals surface area contributed by atoms with Gasteiger partial charge in [0, 0.05) is 43.8 Å². The molecule has 0 amide bonds. The van der Waals surface area contributed by atoms with Crippen molar-refractivity contribution in [2.24, 2.45) is 10.1 Å². The second-order valence-corrected chi connectivity index (χ2v) is 9.93. The summed E-state index contributed by atoms with van der Waals surface area (Å²) >= 11 is 2.06. The molecule has 172 valence electrons. The molecule has 1 fully saturated rings. The highest BCUT2D eigenvalue weighted by atomic mass is 32.2. The van der Waals surface area contributed by atoms with Gasteiger partial charge in [-0.05, 0) is 35.6 Å². The molecular weight excluding hydrogens is 426 g/mol. The molecule has 1 aliphatic carbocycles. The van der Waals surface area contributed by atoms with Crippen LogP contribution in [0.2, 0.25) is 0 Å². The molecule has 0 aromatic heterocycles. The maximum atomic E-state index is 5.33. The highest BCUT2D eigenvalue weighted by Gasteiger charge is 2.16. The van der Waals surface area contributed by atoms with Gasteiger partial charge in [-0.1, -0.05) is 77.5 Å². The largest absolute Gasteiger partial charge is 0.342 e. The number of thioether (sulfide) groups is 1. The van der Waals surface area contributed by atoms with Crippen LogP contribution in [0, 0.1) is 6.92 Å². The number of oxime groups is 1. The summed E-state index contributed by atoms with van der Waals surface area (Å²) in [7, 11) is 0. The van der Waals surface area contributed by atoms with Crippen molar-refractivity contribution in [1.29, 1.82) is 0 Å². The molecule has 0 spiro atoms. The molecular formula is C28H33N3OS. The lowest BCUT2D eigenvalue weighted by Crippen LogP contribution is -2.34. The molecule has 1 heterocycles. The summed E-state index contributed by atoms with van der Waals surface area (Å²) in [5.41, 5.74) is 6.36. The topological polar surface area (TPSA) is 37.2 Å². The molecule has 5 heteroatoms. The molecule has 4 nitrogen and oxygen atoms in total. The Labute approximate surface area is 202 Å². The number of hydrogen-bond donors (Lipinski definition) is 0. The summed E-state index contributed by atoms with van der Waals surface area (Å²) < 4.78 is 0. The van der Waals surface area contributed by atoms with Crippen molar-refractivity contribution in [1.82, 2.24) is 4.90 Å². The van der Waals surface area contributed by atoms with E-state index in [1.165, 1.54) is 41.3 Å². The fraction of sp³-hybridized carbons (Fsp3) is 0.357. The van der Waals surface area contributed by atoms with Crippen LogP contribution in [0.3, 0.4) is 0 Å². The van der Waals surface area contributed by atoms with E-state index >= 15 is 0 Å². The lowest BCUT2D eigenvalue weighted by Gasteiger charge is -2.28. The monoisotopic (exact) mass is 459 g/mol. The maximum Gasteiger partial charge on any atom is 0.224 e. The zero-order chi connectivity index (χ0) is 22.9. The number of aryl methyl sites for hydroxylation is 1. The van der Waals surface area contributed by atoms with Crippen LogP contribution < -0.4 is 0 Å². The van der Waals surface area contributed by atoms with Crippen molar-refractivity contribution >= 4 is 24.4 Å². The van der Waals surface area contributed by atoms with Gasteiger partial charge in [0.25, 0.3) is 0 Å². The molecule has 1 aliphatic heterocycles. The Hall–Kier alpha value is -2.63. The van der Waals surface area contributed by atoms with E-state index in [9.17, 15) is 0 Å². The number of aliphatic imine (C=N–C) groups is 1. The van der Waals surface area contributed by atoms with E-state index in [4.69, 9.17) is 4.84 Å². The van der Waals surface area contributed by atoms with Gasteiger partial charge >= 0.3 is 0 Å². The highest BCUT2D eigenvalue weighted by Crippen LogP contribution is 2.28. The first-order valence-corrected chi connectivity index (χ1v) is 12.8. The quantitative estimate of drug-likeness (QED) is 0.285. The van der Waals surface area contributed by atoms with Crippen LogP contribution in [0.1, 0.15) is 34.6 Å². The number of benzene rings is 2. The standard InChI is InChI=1S/C28H33N3OS/c1-22-6-8-23(9-7-22)19-28(32-29-2)30-20-24-10-12-26(13-11-24)27-5-3-4-25(18-27)21-31-14-16-33-17-15-31/h3-4,6-13,18,27H,2,5,14-17,19-21H2,1H3. The van der Waals surface area contributed by atoms with Gasteiger partial charge in [-0.2, -0.15) is 11.8 Å². The maximum absolute atomic E-state index is 5.33. The van der Waals surface area contributed by atoms with Crippen LogP contribution in [0.25, 0.3) is 0 Å². The minimum absolute atomic E-state index is 0.451. The highest BCUT2D eigenvalue weighted by molar-refractivity contribution is 7.99. The van der Waals surface area contributed by atoms with Crippen molar-refractivity contribution in [2.45, 2.75) is 32.2 Å². The molecule has 2 aromatic carbocycles. The Morgan fingerprint density at radius 3 is 2.52 bits per heavy atom. The summed E-state index contributed by atoms with van der Waals surface area (Å²) in [6, 6.07) is 17.2. The first-order valence-electron chi connectivity index (χ1n) is 11.7. The van der Waals surface area contributed by atoms with E-state index in [1.807, 2.05) is 0 Å². The van der Waals surface area contributed by atoms with Gasteiger partial charge in [0.15, 0.2) is 0 Å². The zero-order valence-electron chi connectivity index (χ0n) is 19.5. The van der Waals surface area contributed by atoms with Crippen molar-refractivity contribution in [3.63, 3.8) is 0 Å². The van der Waals surface area contributed by atoms with Gasteiger partial charge in [-0.15, -0.1) is 0 Å². The summed E-state index contributed by atoms with van der Waals surface area (Å²) in [5.74, 6) is 3.54. The summed E-state index contributed by atoms with van der Waals surface area (Å²) in [4.78, 5) is 12.6. The predicted octanol–water partition coefficient (Wildman–Crippen LogP) is 5.79. The summed E-state index contributed by atoms with van der Waals surface area (Å²) in [6.07, 6.45) is 8.77. The molecule has 4 rings (SSSR count). The first kappa shape index (κ1) is 23.5. The van der Waals surface area contributed by atoms with Crippen molar-refractivity contribution < 1.29 is 4.84 Å². The lowest BCUT2D eigenvalue weighted by molar-refractivity contribution is 0.323. The first-order chi connectivity index (χ1) is 16.2. The summed E-state index contributed by atoms with van der Waals surface area (Å²) in [6.45, 7) is 9.57. The number of rotatable bonds is 8.